The standard InChI is InChI=1S/C33H29BrN2O3S/c1-2-38-29-19-27(18-28(34)31(29)39-23-26-16-10-5-11-17-26)20-30-32(37)36(22-25-14-8-4-9-15-25)33(40-30)35-21-24-12-6-3-7-13-24/h3-20H,2,21-23H2,1H3. The maximum absolute atomic E-state index is 13.6. The van der Waals surface area contributed by atoms with Gasteiger partial charge in [-0.1, -0.05) is 91.0 Å². The molecule has 4 aromatic rings. The minimum Gasteiger partial charge on any atom is -0.490 e. The van der Waals surface area contributed by atoms with E-state index < -0.39 is 0 Å². The van der Waals surface area contributed by atoms with Gasteiger partial charge in [0, 0.05) is 0 Å². The lowest BCUT2D eigenvalue weighted by molar-refractivity contribution is -0.122. The summed E-state index contributed by atoms with van der Waals surface area (Å²) in [5.41, 5.74) is 4.04. The Hall–Kier alpha value is -3.81. The van der Waals surface area contributed by atoms with E-state index in [4.69, 9.17) is 14.5 Å². The molecule has 1 aliphatic heterocycles. The molecule has 4 aromatic carbocycles. The number of ether oxygens (including phenoxy) is 2. The van der Waals surface area contributed by atoms with Crippen molar-refractivity contribution >= 4 is 44.8 Å². The van der Waals surface area contributed by atoms with Gasteiger partial charge in [-0.3, -0.25) is 14.7 Å². The maximum Gasteiger partial charge on any atom is 0.267 e. The molecule has 0 spiro atoms. The largest absolute Gasteiger partial charge is 0.490 e. The molecule has 0 bridgehead atoms. The Balaban J connectivity index is 1.42. The number of hydrogen-bond acceptors (Lipinski definition) is 5. The number of benzene rings is 4. The summed E-state index contributed by atoms with van der Waals surface area (Å²) in [6.07, 6.45) is 1.89. The third-order valence-electron chi connectivity index (χ3n) is 6.17. The minimum absolute atomic E-state index is 0.0702. The van der Waals surface area contributed by atoms with Gasteiger partial charge in [0.25, 0.3) is 5.91 Å². The number of rotatable bonds is 10. The summed E-state index contributed by atoms with van der Waals surface area (Å²) in [5.74, 6) is 1.18. The summed E-state index contributed by atoms with van der Waals surface area (Å²) in [5, 5.41) is 0.691. The van der Waals surface area contributed by atoms with E-state index in [1.54, 1.807) is 4.90 Å². The van der Waals surface area contributed by atoms with Crippen LogP contribution in [-0.4, -0.2) is 22.6 Å². The lowest BCUT2D eigenvalue weighted by Gasteiger charge is -2.16. The molecule has 1 fully saturated rings. The van der Waals surface area contributed by atoms with Crippen molar-refractivity contribution in [1.82, 2.24) is 4.90 Å². The Morgan fingerprint density at radius 2 is 1.48 bits per heavy atom. The third-order valence-corrected chi connectivity index (χ3v) is 7.80. The number of carbonyl (C=O) groups is 1. The molecule has 0 radical (unpaired) electrons. The monoisotopic (exact) mass is 612 g/mol. The van der Waals surface area contributed by atoms with Gasteiger partial charge >= 0.3 is 0 Å². The van der Waals surface area contributed by atoms with Crippen molar-refractivity contribution in [2.45, 2.75) is 26.6 Å². The molecule has 0 aliphatic carbocycles. The number of nitrogens with zero attached hydrogens (tertiary/aromatic N) is 2. The minimum atomic E-state index is -0.0702. The molecule has 1 heterocycles. The SMILES string of the molecule is CCOc1cc(C=C2SC(=NCc3ccccc3)N(Cc3ccccc3)C2=O)cc(Br)c1OCc1ccccc1. The molecule has 202 valence electrons. The zero-order chi connectivity index (χ0) is 27.7. The van der Waals surface area contributed by atoms with E-state index in [-0.39, 0.29) is 5.91 Å². The zero-order valence-corrected chi connectivity index (χ0v) is 24.5. The first kappa shape index (κ1) is 27.7. The Morgan fingerprint density at radius 1 is 0.850 bits per heavy atom. The first-order chi connectivity index (χ1) is 19.6. The fourth-order valence-corrected chi connectivity index (χ4v) is 5.78. The van der Waals surface area contributed by atoms with E-state index >= 15 is 0 Å². The quantitative estimate of drug-likeness (QED) is 0.170. The van der Waals surface area contributed by atoms with Crippen molar-refractivity contribution in [1.29, 1.82) is 0 Å². The van der Waals surface area contributed by atoms with Crippen LogP contribution in [0.25, 0.3) is 6.08 Å². The Kier molecular flexibility index (Phi) is 9.37. The number of aliphatic imine (C=N–C) groups is 1. The number of halogens is 1. The molecule has 5 rings (SSSR count). The molecule has 0 aromatic heterocycles. The molecule has 0 atom stereocenters. The number of hydrogen-bond donors (Lipinski definition) is 0. The highest BCUT2D eigenvalue weighted by Crippen LogP contribution is 2.40. The van der Waals surface area contributed by atoms with E-state index in [2.05, 4.69) is 15.9 Å². The van der Waals surface area contributed by atoms with Crippen molar-refractivity contribution in [2.24, 2.45) is 4.99 Å². The van der Waals surface area contributed by atoms with Gasteiger partial charge < -0.3 is 9.47 Å². The van der Waals surface area contributed by atoms with Crippen molar-refractivity contribution in [3.05, 3.63) is 135 Å². The van der Waals surface area contributed by atoms with Gasteiger partial charge in [-0.15, -0.1) is 0 Å². The molecule has 1 saturated heterocycles. The average Bonchev–Trinajstić information content (AvgIpc) is 3.26. The molecule has 1 aliphatic rings. The molecule has 0 saturated carbocycles. The second kappa shape index (κ2) is 13.5. The second-order valence-electron chi connectivity index (χ2n) is 9.11. The summed E-state index contributed by atoms with van der Waals surface area (Å²) in [6.45, 7) is 3.81. The topological polar surface area (TPSA) is 51.1 Å². The normalized spacial score (nSPS) is 15.2. The second-order valence-corrected chi connectivity index (χ2v) is 11.0. The van der Waals surface area contributed by atoms with Crippen molar-refractivity contribution in [2.75, 3.05) is 6.61 Å². The Morgan fingerprint density at radius 3 is 2.12 bits per heavy atom. The van der Waals surface area contributed by atoms with Crippen LogP contribution in [0.2, 0.25) is 0 Å². The number of thioether (sulfide) groups is 1. The van der Waals surface area contributed by atoms with E-state index in [0.717, 1.165) is 26.7 Å². The zero-order valence-electron chi connectivity index (χ0n) is 22.1. The Bertz CT molecular complexity index is 1510. The molecular weight excluding hydrogens is 584 g/mol. The van der Waals surface area contributed by atoms with Gasteiger partial charge in [0.2, 0.25) is 0 Å². The average molecular weight is 614 g/mol. The highest BCUT2D eigenvalue weighted by Gasteiger charge is 2.33. The van der Waals surface area contributed by atoms with Gasteiger partial charge in [0.1, 0.15) is 6.61 Å². The first-order valence-corrected chi connectivity index (χ1v) is 14.7. The first-order valence-electron chi connectivity index (χ1n) is 13.1. The molecule has 1 amide bonds. The fourth-order valence-electron chi connectivity index (χ4n) is 4.23. The summed E-state index contributed by atoms with van der Waals surface area (Å²) in [6, 6.07) is 33.9. The molecule has 0 N–H and O–H groups in total. The molecular formula is C33H29BrN2O3S. The highest BCUT2D eigenvalue weighted by atomic mass is 79.9. The summed E-state index contributed by atoms with van der Waals surface area (Å²) in [4.78, 5) is 20.8. The highest BCUT2D eigenvalue weighted by molar-refractivity contribution is 9.10. The number of amides is 1. The van der Waals surface area contributed by atoms with Crippen molar-refractivity contribution in [3.8, 4) is 11.5 Å². The fraction of sp³-hybridized carbons (Fsp3) is 0.152. The van der Waals surface area contributed by atoms with Gasteiger partial charge in [-0.05, 0) is 75.1 Å². The van der Waals surface area contributed by atoms with E-state index in [1.165, 1.54) is 11.8 Å². The summed E-state index contributed by atoms with van der Waals surface area (Å²) in [7, 11) is 0. The van der Waals surface area contributed by atoms with Crippen molar-refractivity contribution < 1.29 is 14.3 Å². The predicted octanol–water partition coefficient (Wildman–Crippen LogP) is 8.10. The van der Waals surface area contributed by atoms with Gasteiger partial charge in [0.15, 0.2) is 16.7 Å². The molecule has 40 heavy (non-hydrogen) atoms. The summed E-state index contributed by atoms with van der Waals surface area (Å²) >= 11 is 5.06. The van der Waals surface area contributed by atoms with Gasteiger partial charge in [-0.2, -0.15) is 0 Å². The van der Waals surface area contributed by atoms with Crippen LogP contribution in [0.1, 0.15) is 29.2 Å². The maximum atomic E-state index is 13.6. The van der Waals surface area contributed by atoms with Gasteiger partial charge in [0.05, 0.1) is 29.1 Å². The van der Waals surface area contributed by atoms with Crippen LogP contribution < -0.4 is 9.47 Å². The number of carbonyl (C=O) groups excluding carboxylic acids is 1. The number of amidine groups is 1. The summed E-state index contributed by atoms with van der Waals surface area (Å²) < 4.78 is 12.8. The predicted molar refractivity (Wildman–Crippen MR) is 166 cm³/mol. The van der Waals surface area contributed by atoms with Crippen molar-refractivity contribution in [3.63, 3.8) is 0 Å². The van der Waals surface area contributed by atoms with E-state index in [0.29, 0.717) is 47.9 Å². The van der Waals surface area contributed by atoms with Gasteiger partial charge in [-0.25, -0.2) is 0 Å². The van der Waals surface area contributed by atoms with Crippen LogP contribution >= 0.6 is 27.7 Å². The molecule has 0 unspecified atom stereocenters. The Labute approximate surface area is 247 Å². The van der Waals surface area contributed by atoms with Crippen LogP contribution in [0.15, 0.2) is 117 Å². The van der Waals surface area contributed by atoms with Crippen LogP contribution in [0.4, 0.5) is 0 Å². The van der Waals surface area contributed by atoms with E-state index in [9.17, 15) is 4.79 Å². The molecule has 7 heteroatoms. The smallest absolute Gasteiger partial charge is 0.267 e. The lowest BCUT2D eigenvalue weighted by atomic mass is 10.1. The van der Waals surface area contributed by atoms with Crippen LogP contribution in [-0.2, 0) is 24.5 Å². The van der Waals surface area contributed by atoms with Crippen LogP contribution in [0, 0.1) is 0 Å². The lowest BCUT2D eigenvalue weighted by Crippen LogP contribution is -2.28. The molecule has 5 nitrogen and oxygen atoms in total. The van der Waals surface area contributed by atoms with E-state index in [1.807, 2.05) is 116 Å². The van der Waals surface area contributed by atoms with Crippen LogP contribution in [0.3, 0.4) is 0 Å². The third kappa shape index (κ3) is 7.03. The van der Waals surface area contributed by atoms with Crippen LogP contribution in [0.5, 0.6) is 11.5 Å².